The summed E-state index contributed by atoms with van der Waals surface area (Å²) < 4.78 is 0. The number of hydrogen-bond donors (Lipinski definition) is 2. The van der Waals surface area contributed by atoms with Crippen LogP contribution in [-0.4, -0.2) is 51.1 Å². The van der Waals surface area contributed by atoms with Gasteiger partial charge >= 0.3 is 0 Å². The van der Waals surface area contributed by atoms with Gasteiger partial charge in [-0.2, -0.15) is 0 Å². The second-order valence-electron chi connectivity index (χ2n) is 4.32. The van der Waals surface area contributed by atoms with Crippen molar-refractivity contribution in [1.82, 2.24) is 15.5 Å². The van der Waals surface area contributed by atoms with Gasteiger partial charge in [-0.25, -0.2) is 0 Å². The fourth-order valence-corrected chi connectivity index (χ4v) is 1.89. The maximum Gasteiger partial charge on any atom is 0.222 e. The van der Waals surface area contributed by atoms with Crippen LogP contribution in [0.2, 0.25) is 0 Å². The van der Waals surface area contributed by atoms with Crippen LogP contribution in [0.25, 0.3) is 0 Å². The van der Waals surface area contributed by atoms with Gasteiger partial charge in [0.15, 0.2) is 0 Å². The highest BCUT2D eigenvalue weighted by Crippen LogP contribution is 2.16. The third-order valence-corrected chi connectivity index (χ3v) is 3.04. The number of piperidine rings is 1. The zero-order valence-electron chi connectivity index (χ0n) is 9.88. The van der Waals surface area contributed by atoms with Crippen LogP contribution < -0.4 is 10.6 Å². The molecule has 4 nitrogen and oxygen atoms in total. The van der Waals surface area contributed by atoms with Crippen molar-refractivity contribution in [2.75, 3.05) is 40.3 Å². The first-order valence-electron chi connectivity index (χ1n) is 5.83. The van der Waals surface area contributed by atoms with Crippen LogP contribution in [0.15, 0.2) is 0 Å². The summed E-state index contributed by atoms with van der Waals surface area (Å²) in [5.41, 5.74) is 0. The van der Waals surface area contributed by atoms with Gasteiger partial charge in [0.25, 0.3) is 0 Å². The number of rotatable bonds is 5. The number of nitrogens with one attached hydrogen (secondary N) is 2. The Hall–Kier alpha value is -0.610. The molecule has 1 heterocycles. The molecule has 2 N–H and O–H groups in total. The van der Waals surface area contributed by atoms with Crippen LogP contribution in [-0.2, 0) is 4.79 Å². The topological polar surface area (TPSA) is 44.4 Å². The Balaban J connectivity index is 2.20. The molecule has 1 aliphatic heterocycles. The highest BCUT2D eigenvalue weighted by molar-refractivity contribution is 5.76. The molecule has 0 radical (unpaired) electrons. The van der Waals surface area contributed by atoms with E-state index in [2.05, 4.69) is 10.6 Å². The lowest BCUT2D eigenvalue weighted by Gasteiger charge is -2.24. The van der Waals surface area contributed by atoms with Crippen molar-refractivity contribution in [3.05, 3.63) is 0 Å². The van der Waals surface area contributed by atoms with Gasteiger partial charge in [-0.15, -0.1) is 0 Å². The minimum absolute atomic E-state index is 0.289. The van der Waals surface area contributed by atoms with E-state index < -0.39 is 0 Å². The number of amides is 1. The number of hydrogen-bond acceptors (Lipinski definition) is 3. The van der Waals surface area contributed by atoms with Gasteiger partial charge in [0.05, 0.1) is 0 Å². The monoisotopic (exact) mass is 213 g/mol. The molecule has 1 saturated heterocycles. The molecule has 15 heavy (non-hydrogen) atoms. The zero-order chi connectivity index (χ0) is 11.1. The average Bonchev–Trinajstić information content (AvgIpc) is 2.27. The second-order valence-corrected chi connectivity index (χ2v) is 4.32. The molecule has 0 atom stereocenters. The van der Waals surface area contributed by atoms with Gasteiger partial charge in [0.1, 0.15) is 0 Å². The molecule has 4 heteroatoms. The largest absolute Gasteiger partial charge is 0.344 e. The van der Waals surface area contributed by atoms with Crippen LogP contribution in [0.3, 0.4) is 0 Å². The highest BCUT2D eigenvalue weighted by Gasteiger charge is 2.18. The minimum Gasteiger partial charge on any atom is -0.344 e. The Morgan fingerprint density at radius 3 is 2.73 bits per heavy atom. The molecule has 88 valence electrons. The van der Waals surface area contributed by atoms with E-state index >= 15 is 0 Å². The van der Waals surface area contributed by atoms with E-state index in [4.69, 9.17) is 0 Å². The molecular formula is C11H23N3O. The van der Waals surface area contributed by atoms with Gasteiger partial charge < -0.3 is 15.5 Å². The number of likely N-dealkylation sites (N-methyl/N-ethyl adjacent to an activating group) is 2. The predicted molar refractivity (Wildman–Crippen MR) is 61.8 cm³/mol. The summed E-state index contributed by atoms with van der Waals surface area (Å²) in [5.74, 6) is 0.882. The third-order valence-electron chi connectivity index (χ3n) is 3.04. The molecule has 0 aromatic heterocycles. The SMILES string of the molecule is CNCCN(C)C(=O)CC1CCNCC1. The lowest BCUT2D eigenvalue weighted by molar-refractivity contribution is -0.131. The summed E-state index contributed by atoms with van der Waals surface area (Å²) in [7, 11) is 3.80. The van der Waals surface area contributed by atoms with E-state index in [1.54, 1.807) is 0 Å². The zero-order valence-corrected chi connectivity index (χ0v) is 9.88. The average molecular weight is 213 g/mol. The van der Waals surface area contributed by atoms with E-state index in [-0.39, 0.29) is 5.91 Å². The fourth-order valence-electron chi connectivity index (χ4n) is 1.89. The van der Waals surface area contributed by atoms with Crippen LogP contribution >= 0.6 is 0 Å². The maximum absolute atomic E-state index is 11.8. The highest BCUT2D eigenvalue weighted by atomic mass is 16.2. The Bertz CT molecular complexity index is 190. The number of carbonyl (C=O) groups excluding carboxylic acids is 1. The first-order chi connectivity index (χ1) is 7.24. The molecule has 1 fully saturated rings. The van der Waals surface area contributed by atoms with Crippen LogP contribution in [0.4, 0.5) is 0 Å². The number of carbonyl (C=O) groups is 1. The van der Waals surface area contributed by atoms with Crippen LogP contribution in [0.1, 0.15) is 19.3 Å². The third kappa shape index (κ3) is 4.62. The fraction of sp³-hybridized carbons (Fsp3) is 0.909. The van der Waals surface area contributed by atoms with Crippen LogP contribution in [0, 0.1) is 5.92 Å². The van der Waals surface area contributed by atoms with Crippen molar-refractivity contribution >= 4 is 5.91 Å². The normalized spacial score (nSPS) is 17.7. The molecule has 0 saturated carbocycles. The molecule has 0 bridgehead atoms. The lowest BCUT2D eigenvalue weighted by Crippen LogP contribution is -2.36. The lowest BCUT2D eigenvalue weighted by atomic mass is 9.94. The van der Waals surface area contributed by atoms with Crippen molar-refractivity contribution < 1.29 is 4.79 Å². The van der Waals surface area contributed by atoms with E-state index in [1.807, 2.05) is 19.0 Å². The molecule has 0 aromatic rings. The molecule has 0 aromatic carbocycles. The van der Waals surface area contributed by atoms with Gasteiger partial charge in [-0.1, -0.05) is 0 Å². The van der Waals surface area contributed by atoms with Gasteiger partial charge in [-0.05, 0) is 38.9 Å². The first kappa shape index (κ1) is 12.5. The molecular weight excluding hydrogens is 190 g/mol. The molecule has 0 aliphatic carbocycles. The summed E-state index contributed by atoms with van der Waals surface area (Å²) in [6.07, 6.45) is 3.01. The Morgan fingerprint density at radius 2 is 2.13 bits per heavy atom. The molecule has 1 amide bonds. The van der Waals surface area contributed by atoms with Crippen LogP contribution in [0.5, 0.6) is 0 Å². The summed E-state index contributed by atoms with van der Waals surface area (Å²) >= 11 is 0. The van der Waals surface area contributed by atoms with Crippen molar-refractivity contribution in [3.63, 3.8) is 0 Å². The van der Waals surface area contributed by atoms with Crippen molar-refractivity contribution in [1.29, 1.82) is 0 Å². The minimum atomic E-state index is 0.289. The summed E-state index contributed by atoms with van der Waals surface area (Å²) in [6.45, 7) is 3.81. The summed E-state index contributed by atoms with van der Waals surface area (Å²) in [5, 5.41) is 6.37. The smallest absolute Gasteiger partial charge is 0.222 e. The van der Waals surface area contributed by atoms with E-state index in [0.29, 0.717) is 5.92 Å². The van der Waals surface area contributed by atoms with Gasteiger partial charge in [0, 0.05) is 26.6 Å². The van der Waals surface area contributed by atoms with E-state index in [0.717, 1.165) is 45.4 Å². The summed E-state index contributed by atoms with van der Waals surface area (Å²) in [6, 6.07) is 0. The molecule has 0 unspecified atom stereocenters. The Morgan fingerprint density at radius 1 is 1.47 bits per heavy atom. The molecule has 0 spiro atoms. The quantitative estimate of drug-likeness (QED) is 0.678. The van der Waals surface area contributed by atoms with Crippen molar-refractivity contribution in [3.8, 4) is 0 Å². The molecule has 1 rings (SSSR count). The number of nitrogens with zero attached hydrogens (tertiary/aromatic N) is 1. The standard InChI is InChI=1S/C11H23N3O/c1-12-7-8-14(2)11(15)9-10-3-5-13-6-4-10/h10,12-13H,3-9H2,1-2H3. The second kappa shape index (κ2) is 6.80. The van der Waals surface area contributed by atoms with Crippen molar-refractivity contribution in [2.45, 2.75) is 19.3 Å². The summed E-state index contributed by atoms with van der Waals surface area (Å²) in [4.78, 5) is 13.6. The Labute approximate surface area is 92.4 Å². The maximum atomic E-state index is 11.8. The van der Waals surface area contributed by atoms with E-state index in [1.165, 1.54) is 0 Å². The predicted octanol–water partition coefficient (Wildman–Crippen LogP) is 0.0539. The van der Waals surface area contributed by atoms with Gasteiger partial charge in [-0.3, -0.25) is 4.79 Å². The first-order valence-corrected chi connectivity index (χ1v) is 5.83. The van der Waals surface area contributed by atoms with Crippen molar-refractivity contribution in [2.24, 2.45) is 5.92 Å². The van der Waals surface area contributed by atoms with Gasteiger partial charge in [0.2, 0.25) is 5.91 Å². The Kier molecular flexibility index (Phi) is 5.65. The molecule has 1 aliphatic rings. The van der Waals surface area contributed by atoms with E-state index in [9.17, 15) is 4.79 Å².